The molecule has 1 aromatic heterocycles. The second kappa shape index (κ2) is 8.39. The van der Waals surface area contributed by atoms with Gasteiger partial charge < -0.3 is 19.4 Å². The summed E-state index contributed by atoms with van der Waals surface area (Å²) in [5.41, 5.74) is 3.20. The van der Waals surface area contributed by atoms with E-state index < -0.39 is 0 Å². The molecule has 2 heterocycles. The SMILES string of the molecule is COc1ccccc1N1CCN(c2cc(C)nc(N(C)c3ccccc3)n2)CC1. The summed E-state index contributed by atoms with van der Waals surface area (Å²) >= 11 is 0. The second-order valence-electron chi connectivity index (χ2n) is 7.21. The van der Waals surface area contributed by atoms with E-state index in [1.165, 1.54) is 0 Å². The second-order valence-corrected chi connectivity index (χ2v) is 7.21. The minimum Gasteiger partial charge on any atom is -0.495 e. The molecule has 0 bridgehead atoms. The number of rotatable bonds is 5. The third-order valence-electron chi connectivity index (χ3n) is 5.30. The number of hydrogen-bond acceptors (Lipinski definition) is 6. The van der Waals surface area contributed by atoms with E-state index in [9.17, 15) is 0 Å². The van der Waals surface area contributed by atoms with Gasteiger partial charge in [-0.1, -0.05) is 30.3 Å². The molecule has 0 amide bonds. The molecule has 1 aliphatic heterocycles. The number of nitrogens with zero attached hydrogens (tertiary/aromatic N) is 5. The highest BCUT2D eigenvalue weighted by molar-refractivity contribution is 5.61. The van der Waals surface area contributed by atoms with Gasteiger partial charge in [0.05, 0.1) is 12.8 Å². The van der Waals surface area contributed by atoms with Gasteiger partial charge in [0.2, 0.25) is 5.95 Å². The Kier molecular flexibility index (Phi) is 5.51. The van der Waals surface area contributed by atoms with E-state index >= 15 is 0 Å². The van der Waals surface area contributed by atoms with Crippen molar-refractivity contribution in [2.45, 2.75) is 6.92 Å². The van der Waals surface area contributed by atoms with E-state index in [4.69, 9.17) is 9.72 Å². The number of piperazine rings is 1. The number of aryl methyl sites for hydroxylation is 1. The van der Waals surface area contributed by atoms with Gasteiger partial charge >= 0.3 is 0 Å². The predicted molar refractivity (Wildman–Crippen MR) is 119 cm³/mol. The third-order valence-corrected chi connectivity index (χ3v) is 5.30. The fourth-order valence-corrected chi connectivity index (χ4v) is 3.68. The maximum Gasteiger partial charge on any atom is 0.231 e. The molecule has 150 valence electrons. The highest BCUT2D eigenvalue weighted by Gasteiger charge is 2.21. The first-order valence-corrected chi connectivity index (χ1v) is 9.93. The molecule has 1 aliphatic rings. The number of methoxy groups -OCH3 is 1. The molecule has 1 saturated heterocycles. The van der Waals surface area contributed by atoms with Crippen LogP contribution in [0.4, 0.5) is 23.1 Å². The van der Waals surface area contributed by atoms with Gasteiger partial charge in [-0.25, -0.2) is 4.98 Å². The average Bonchev–Trinajstić information content (AvgIpc) is 2.79. The van der Waals surface area contributed by atoms with Gasteiger partial charge in [-0.2, -0.15) is 4.98 Å². The first kappa shape index (κ1) is 19.1. The zero-order valence-electron chi connectivity index (χ0n) is 17.2. The van der Waals surface area contributed by atoms with Crippen LogP contribution in [0.15, 0.2) is 60.7 Å². The molecule has 1 fully saturated rings. The largest absolute Gasteiger partial charge is 0.495 e. The summed E-state index contributed by atoms with van der Waals surface area (Å²) in [6.45, 7) is 5.69. The van der Waals surface area contributed by atoms with E-state index in [0.29, 0.717) is 0 Å². The maximum absolute atomic E-state index is 5.53. The fraction of sp³-hybridized carbons (Fsp3) is 0.304. The lowest BCUT2D eigenvalue weighted by atomic mass is 10.2. The lowest BCUT2D eigenvalue weighted by Gasteiger charge is -2.37. The first-order valence-electron chi connectivity index (χ1n) is 9.93. The lowest BCUT2D eigenvalue weighted by molar-refractivity contribution is 0.413. The average molecular weight is 390 g/mol. The smallest absolute Gasteiger partial charge is 0.231 e. The Balaban J connectivity index is 1.51. The van der Waals surface area contributed by atoms with Gasteiger partial charge in [0.15, 0.2) is 0 Å². The van der Waals surface area contributed by atoms with Crippen LogP contribution in [0.5, 0.6) is 5.75 Å². The molecular weight excluding hydrogens is 362 g/mol. The van der Waals surface area contributed by atoms with Crippen molar-refractivity contribution in [1.29, 1.82) is 0 Å². The van der Waals surface area contributed by atoms with Crippen LogP contribution in [0.2, 0.25) is 0 Å². The molecule has 2 aromatic carbocycles. The summed E-state index contributed by atoms with van der Waals surface area (Å²) < 4.78 is 5.53. The molecule has 29 heavy (non-hydrogen) atoms. The van der Waals surface area contributed by atoms with Gasteiger partial charge in [0, 0.05) is 50.7 Å². The fourth-order valence-electron chi connectivity index (χ4n) is 3.68. The van der Waals surface area contributed by atoms with Gasteiger partial charge in [0.1, 0.15) is 11.6 Å². The van der Waals surface area contributed by atoms with Crippen molar-refractivity contribution in [3.05, 3.63) is 66.4 Å². The van der Waals surface area contributed by atoms with Gasteiger partial charge in [-0.3, -0.25) is 0 Å². The summed E-state index contributed by atoms with van der Waals surface area (Å²) in [5.74, 6) is 2.62. The van der Waals surface area contributed by atoms with Crippen LogP contribution in [-0.2, 0) is 0 Å². The monoisotopic (exact) mass is 389 g/mol. The summed E-state index contributed by atoms with van der Waals surface area (Å²) in [4.78, 5) is 16.3. The molecule has 3 aromatic rings. The summed E-state index contributed by atoms with van der Waals surface area (Å²) in [6, 6.07) is 20.5. The van der Waals surface area contributed by atoms with Crippen molar-refractivity contribution in [2.75, 3.05) is 55.0 Å². The van der Waals surface area contributed by atoms with E-state index in [1.54, 1.807) is 7.11 Å². The molecule has 0 N–H and O–H groups in total. The van der Waals surface area contributed by atoms with Crippen LogP contribution >= 0.6 is 0 Å². The van der Waals surface area contributed by atoms with E-state index in [-0.39, 0.29) is 0 Å². The van der Waals surface area contributed by atoms with Crippen molar-refractivity contribution >= 4 is 23.1 Å². The highest BCUT2D eigenvalue weighted by Crippen LogP contribution is 2.29. The Labute approximate surface area is 172 Å². The molecule has 6 nitrogen and oxygen atoms in total. The minimum atomic E-state index is 0.721. The Morgan fingerprint density at radius 1 is 0.862 bits per heavy atom. The Hall–Kier alpha value is -3.28. The van der Waals surface area contributed by atoms with Crippen molar-refractivity contribution in [3.63, 3.8) is 0 Å². The zero-order chi connectivity index (χ0) is 20.2. The molecular formula is C23H27N5O. The molecule has 0 aliphatic carbocycles. The molecule has 6 heteroatoms. The van der Waals surface area contributed by atoms with Crippen LogP contribution in [0.1, 0.15) is 5.69 Å². The Morgan fingerprint density at radius 3 is 2.24 bits per heavy atom. The van der Waals surface area contributed by atoms with E-state index in [0.717, 1.165) is 60.8 Å². The van der Waals surface area contributed by atoms with Crippen LogP contribution in [0, 0.1) is 6.92 Å². The van der Waals surface area contributed by atoms with Crippen molar-refractivity contribution in [1.82, 2.24) is 9.97 Å². The quantitative estimate of drug-likeness (QED) is 0.660. The normalized spacial score (nSPS) is 14.0. The van der Waals surface area contributed by atoms with Gasteiger partial charge in [0.25, 0.3) is 0 Å². The standard InChI is InChI=1S/C23H27N5O/c1-18-17-22(25-23(24-18)26(2)19-9-5-4-6-10-19)28-15-13-27(14-16-28)20-11-7-8-12-21(20)29-3/h4-12,17H,13-16H2,1-3H3. The molecule has 0 atom stereocenters. The van der Waals surface area contributed by atoms with Crippen LogP contribution in [0.3, 0.4) is 0 Å². The number of ether oxygens (including phenoxy) is 1. The van der Waals surface area contributed by atoms with Crippen molar-refractivity contribution in [3.8, 4) is 5.75 Å². The summed E-state index contributed by atoms with van der Waals surface area (Å²) in [5, 5.41) is 0. The first-order chi connectivity index (χ1) is 14.2. The topological polar surface area (TPSA) is 44.7 Å². The molecule has 0 radical (unpaired) electrons. The zero-order valence-corrected chi connectivity index (χ0v) is 17.2. The Bertz CT molecular complexity index is 954. The number of anilines is 4. The number of benzene rings is 2. The van der Waals surface area contributed by atoms with Crippen molar-refractivity contribution < 1.29 is 4.74 Å². The third kappa shape index (κ3) is 4.11. The summed E-state index contributed by atoms with van der Waals surface area (Å²) in [6.07, 6.45) is 0. The van der Waals surface area contributed by atoms with Gasteiger partial charge in [-0.05, 0) is 31.2 Å². The molecule has 0 spiro atoms. The highest BCUT2D eigenvalue weighted by atomic mass is 16.5. The van der Waals surface area contributed by atoms with E-state index in [2.05, 4.69) is 45.1 Å². The summed E-state index contributed by atoms with van der Waals surface area (Å²) in [7, 11) is 3.73. The van der Waals surface area contributed by atoms with E-state index in [1.807, 2.05) is 49.2 Å². The molecule has 4 rings (SSSR count). The molecule has 0 saturated carbocycles. The van der Waals surface area contributed by atoms with Gasteiger partial charge in [-0.15, -0.1) is 0 Å². The number of hydrogen-bond donors (Lipinski definition) is 0. The van der Waals surface area contributed by atoms with Crippen LogP contribution in [-0.4, -0.2) is 50.3 Å². The lowest BCUT2D eigenvalue weighted by Crippen LogP contribution is -2.47. The predicted octanol–water partition coefficient (Wildman–Crippen LogP) is 3.89. The van der Waals surface area contributed by atoms with Crippen LogP contribution < -0.4 is 19.4 Å². The minimum absolute atomic E-state index is 0.721. The van der Waals surface area contributed by atoms with Crippen LogP contribution in [0.25, 0.3) is 0 Å². The van der Waals surface area contributed by atoms with Crippen molar-refractivity contribution in [2.24, 2.45) is 0 Å². The molecule has 0 unspecified atom stereocenters. The number of aromatic nitrogens is 2. The number of para-hydroxylation sites is 3. The maximum atomic E-state index is 5.53. The Morgan fingerprint density at radius 2 is 1.52 bits per heavy atom.